The summed E-state index contributed by atoms with van der Waals surface area (Å²) in [4.78, 5) is 0. The Hall–Kier alpha value is -0.130. The molecule has 0 aromatic heterocycles. The molecular weight excluding hydrogens is 45.6 g/mol. The molecule has 0 amide bonds. The van der Waals surface area contributed by atoms with E-state index in [9.17, 15) is 0 Å². The minimum atomic E-state index is 2.00. The van der Waals surface area contributed by atoms with Crippen molar-refractivity contribution < 1.29 is 0 Å². The molecule has 0 N–H and O–H groups in total. The summed E-state index contributed by atoms with van der Waals surface area (Å²) in [5.41, 5.74) is 0. The van der Waals surface area contributed by atoms with Crippen molar-refractivity contribution >= 4 is 25.6 Å². The topological polar surface area (TPSA) is 0 Å². The van der Waals surface area contributed by atoms with E-state index in [2.05, 4.69) is 0 Å². The van der Waals surface area contributed by atoms with E-state index in [1.54, 1.807) is 0 Å². The zero-order chi connectivity index (χ0) is 2.83. The first-order valence-corrected chi connectivity index (χ1v) is 1.33. The fraction of sp³-hybridized carbons (Fsp3) is 0. The standard InChI is InChI=1S/C2H2B2/c1-3-2-4-1/h1-2H. The SMILES string of the molecule is B1=CB=C1. The van der Waals surface area contributed by atoms with Crippen LogP contribution in [0.25, 0.3) is 0 Å². The van der Waals surface area contributed by atoms with Gasteiger partial charge in [-0.25, -0.2) is 0 Å². The molecule has 0 aromatic carbocycles. The summed E-state index contributed by atoms with van der Waals surface area (Å²) >= 11 is 0. The van der Waals surface area contributed by atoms with Gasteiger partial charge in [-0.2, -0.15) is 0 Å². The molecule has 0 saturated heterocycles. The van der Waals surface area contributed by atoms with Crippen molar-refractivity contribution in [2.45, 2.75) is 0 Å². The van der Waals surface area contributed by atoms with Crippen LogP contribution in [-0.2, 0) is 0 Å². The second kappa shape index (κ2) is 0.670. The monoisotopic (exact) mass is 48.0 g/mol. The van der Waals surface area contributed by atoms with Crippen LogP contribution in [0.3, 0.4) is 0 Å². The first kappa shape index (κ1) is 2.13. The molecule has 1 rings (SSSR count). The summed E-state index contributed by atoms with van der Waals surface area (Å²) in [6.45, 7) is 4.00. The zero-order valence-electron chi connectivity index (χ0n) is 2.31. The fourth-order valence-electron chi connectivity index (χ4n) is 0.111. The molecule has 0 spiro atoms. The molecule has 0 fully saturated rings. The van der Waals surface area contributed by atoms with Crippen LogP contribution in [0.4, 0.5) is 0 Å². The van der Waals surface area contributed by atoms with Gasteiger partial charge in [0.25, 0.3) is 0 Å². The van der Waals surface area contributed by atoms with E-state index in [1.807, 2.05) is 25.6 Å². The van der Waals surface area contributed by atoms with Crippen molar-refractivity contribution in [3.63, 3.8) is 0 Å². The molecule has 1 heterocycles. The molecule has 0 bridgehead atoms. The average molecular weight is 47.7 g/mol. The van der Waals surface area contributed by atoms with Crippen LogP contribution >= 0.6 is 0 Å². The van der Waals surface area contributed by atoms with Crippen LogP contribution < -0.4 is 0 Å². The minimum absolute atomic E-state index is 2.00. The molecule has 0 radical (unpaired) electrons. The normalized spacial score (nSPS) is 12.0. The molecule has 4 heavy (non-hydrogen) atoms. The molecule has 16 valence electrons. The van der Waals surface area contributed by atoms with Gasteiger partial charge in [0, 0.05) is 0 Å². The summed E-state index contributed by atoms with van der Waals surface area (Å²) < 4.78 is 0. The van der Waals surface area contributed by atoms with Gasteiger partial charge in [0.2, 0.25) is 0 Å². The van der Waals surface area contributed by atoms with Gasteiger partial charge < -0.3 is 0 Å². The zero-order valence-corrected chi connectivity index (χ0v) is 2.31. The summed E-state index contributed by atoms with van der Waals surface area (Å²) in [6, 6.07) is 0. The summed E-state index contributed by atoms with van der Waals surface area (Å²) in [6.07, 6.45) is 0. The van der Waals surface area contributed by atoms with E-state index in [1.165, 1.54) is 0 Å². The first-order chi connectivity index (χ1) is 2.00. The second-order valence-electron chi connectivity index (χ2n) is 0.770. The Morgan fingerprint density at radius 1 is 1.00 bits per heavy atom. The number of hydrogen-bond donors (Lipinski definition) is 0. The Labute approximate surface area is 26.6 Å². The number of rotatable bonds is 0. The third-order valence-electron chi connectivity index (χ3n) is 0.444. The molecule has 2 heteroatoms. The van der Waals surface area contributed by atoms with Gasteiger partial charge in [-0.15, -0.1) is 0 Å². The van der Waals surface area contributed by atoms with Gasteiger partial charge >= 0.3 is 25.6 Å². The first-order valence-electron chi connectivity index (χ1n) is 1.33. The molecular formula is C2H2B2. The molecule has 0 atom stereocenters. The van der Waals surface area contributed by atoms with Crippen molar-refractivity contribution in [1.82, 2.24) is 0 Å². The quantitative estimate of drug-likeness (QED) is 0.305. The van der Waals surface area contributed by atoms with E-state index in [0.717, 1.165) is 0 Å². The maximum absolute atomic E-state index is 2.00. The van der Waals surface area contributed by atoms with Crippen LogP contribution in [0.2, 0.25) is 0 Å². The van der Waals surface area contributed by atoms with Crippen LogP contribution in [0.5, 0.6) is 0 Å². The number of hydrogen-bond acceptors (Lipinski definition) is 0. The molecule has 0 unspecified atom stereocenters. The predicted molar refractivity (Wildman–Crippen MR) is 23.6 cm³/mol. The van der Waals surface area contributed by atoms with Gasteiger partial charge in [0.15, 0.2) is 0 Å². The van der Waals surface area contributed by atoms with Crippen LogP contribution in [0, 0.1) is 0 Å². The third kappa shape index (κ3) is 0.0945. The average Bonchev–Trinajstić information content (AvgIpc) is 0.722. The maximum atomic E-state index is 2.00. The van der Waals surface area contributed by atoms with Crippen LogP contribution in [0.1, 0.15) is 0 Å². The molecule has 1 aliphatic heterocycles. The van der Waals surface area contributed by atoms with Gasteiger partial charge in [-0.05, 0) is 0 Å². The van der Waals surface area contributed by atoms with Gasteiger partial charge in [0.1, 0.15) is 0 Å². The summed E-state index contributed by atoms with van der Waals surface area (Å²) in [7, 11) is 0. The van der Waals surface area contributed by atoms with Crippen molar-refractivity contribution in [3.05, 3.63) is 0 Å². The van der Waals surface area contributed by atoms with Gasteiger partial charge in [-0.3, -0.25) is 0 Å². The summed E-state index contributed by atoms with van der Waals surface area (Å²) in [5.74, 6) is 4.00. The van der Waals surface area contributed by atoms with Crippen molar-refractivity contribution in [1.29, 1.82) is 0 Å². The molecule has 0 saturated carbocycles. The van der Waals surface area contributed by atoms with E-state index in [0.29, 0.717) is 0 Å². The second-order valence-corrected chi connectivity index (χ2v) is 0.770. The molecule has 0 aromatic rings. The van der Waals surface area contributed by atoms with Crippen LogP contribution in [-0.4, -0.2) is 25.6 Å². The van der Waals surface area contributed by atoms with E-state index < -0.39 is 0 Å². The molecule has 1 aliphatic rings. The van der Waals surface area contributed by atoms with Crippen LogP contribution in [0.15, 0.2) is 0 Å². The van der Waals surface area contributed by atoms with Crippen molar-refractivity contribution in [3.8, 4) is 0 Å². The Balaban J connectivity index is 2.67. The Kier molecular flexibility index (Phi) is 0.357. The fourth-order valence-corrected chi connectivity index (χ4v) is 0.111. The third-order valence-corrected chi connectivity index (χ3v) is 0.444. The van der Waals surface area contributed by atoms with Gasteiger partial charge in [0.05, 0.1) is 0 Å². The molecule has 0 aliphatic carbocycles. The summed E-state index contributed by atoms with van der Waals surface area (Å²) in [5, 5.41) is 0. The van der Waals surface area contributed by atoms with E-state index in [4.69, 9.17) is 0 Å². The Morgan fingerprint density at radius 3 is 1.25 bits per heavy atom. The Bertz CT molecular complexity index is 44.4. The van der Waals surface area contributed by atoms with Crippen molar-refractivity contribution in [2.75, 3.05) is 0 Å². The Morgan fingerprint density at radius 2 is 1.25 bits per heavy atom. The van der Waals surface area contributed by atoms with E-state index in [-0.39, 0.29) is 0 Å². The predicted octanol–water partition coefficient (Wildman–Crippen LogP) is -1.07. The molecule has 0 nitrogen and oxygen atoms in total. The van der Waals surface area contributed by atoms with Crippen molar-refractivity contribution in [2.24, 2.45) is 0 Å². The van der Waals surface area contributed by atoms with E-state index >= 15 is 0 Å². The van der Waals surface area contributed by atoms with Gasteiger partial charge in [-0.1, -0.05) is 0 Å².